The molecule has 0 radical (unpaired) electrons. The summed E-state index contributed by atoms with van der Waals surface area (Å²) in [6.45, 7) is 2.70. The van der Waals surface area contributed by atoms with E-state index in [0.29, 0.717) is 4.90 Å². The van der Waals surface area contributed by atoms with Crippen LogP contribution in [0, 0.1) is 5.92 Å². The molecular weight excluding hydrogens is 479 g/mol. The fourth-order valence-electron chi connectivity index (χ4n) is 5.32. The van der Waals surface area contributed by atoms with Crippen LogP contribution in [-0.4, -0.2) is 51.3 Å². The number of fused-ring (bicyclic) bond motifs is 1. The molecule has 5 rings (SSSR count). The van der Waals surface area contributed by atoms with E-state index in [0.717, 1.165) is 59.6 Å². The number of halogens is 3. The number of rotatable bonds is 2. The van der Waals surface area contributed by atoms with Gasteiger partial charge in [0.05, 0.1) is 6.04 Å². The number of carbonyl (C=O) groups is 1. The average molecular weight is 506 g/mol. The van der Waals surface area contributed by atoms with Crippen molar-refractivity contribution < 1.29 is 23.1 Å². The van der Waals surface area contributed by atoms with E-state index in [4.69, 9.17) is 0 Å². The summed E-state index contributed by atoms with van der Waals surface area (Å²) in [7, 11) is 0. The minimum absolute atomic E-state index is 0.140. The summed E-state index contributed by atoms with van der Waals surface area (Å²) in [5.74, 6) is -0.977. The summed E-state index contributed by atoms with van der Waals surface area (Å²) in [4.78, 5) is 27.3. The van der Waals surface area contributed by atoms with Crippen molar-refractivity contribution in [3.05, 3.63) is 74.1 Å². The maximum atomic E-state index is 13.8. The van der Waals surface area contributed by atoms with Crippen molar-refractivity contribution in [1.82, 2.24) is 9.58 Å². The van der Waals surface area contributed by atoms with Crippen molar-refractivity contribution >= 4 is 17.7 Å². The highest BCUT2D eigenvalue weighted by Crippen LogP contribution is 2.45. The van der Waals surface area contributed by atoms with Gasteiger partial charge in [-0.3, -0.25) is 19.3 Å². The summed E-state index contributed by atoms with van der Waals surface area (Å²) in [5.41, 5.74) is 2.07. The van der Waals surface area contributed by atoms with E-state index in [-0.39, 0.29) is 12.6 Å². The molecule has 35 heavy (non-hydrogen) atoms. The number of thioether (sulfide) groups is 1. The summed E-state index contributed by atoms with van der Waals surface area (Å²) in [6.07, 6.45) is 7.43. The predicted molar refractivity (Wildman–Crippen MR) is 129 cm³/mol. The van der Waals surface area contributed by atoms with Crippen molar-refractivity contribution in [3.63, 3.8) is 0 Å². The van der Waals surface area contributed by atoms with Crippen molar-refractivity contribution in [2.75, 3.05) is 17.4 Å². The summed E-state index contributed by atoms with van der Waals surface area (Å²) in [5, 5.41) is 12.3. The van der Waals surface area contributed by atoms with E-state index in [1.807, 2.05) is 0 Å². The lowest BCUT2D eigenvalue weighted by Crippen LogP contribution is -2.63. The van der Waals surface area contributed by atoms with Gasteiger partial charge in [0.15, 0.2) is 11.4 Å². The zero-order valence-corrected chi connectivity index (χ0v) is 20.2. The Morgan fingerprint density at radius 3 is 2.71 bits per heavy atom. The molecule has 2 aliphatic heterocycles. The average Bonchev–Trinajstić information content (AvgIpc) is 2.98. The summed E-state index contributed by atoms with van der Waals surface area (Å²) >= 11 is 1.71. The highest BCUT2D eigenvalue weighted by molar-refractivity contribution is 8.03. The van der Waals surface area contributed by atoms with Gasteiger partial charge in [0.2, 0.25) is 5.43 Å². The van der Waals surface area contributed by atoms with Gasteiger partial charge in [-0.25, -0.2) is 0 Å². The van der Waals surface area contributed by atoms with Crippen LogP contribution in [0.5, 0.6) is 5.75 Å². The highest BCUT2D eigenvalue weighted by Gasteiger charge is 2.48. The molecule has 10 heteroatoms. The number of aromatic nitrogens is 1. The standard InChI is InChI=1S/C25H26F3N3O3S/c1-14-6-5-7-16-12-35-19-9-4-3-8-17(19)21(20(14)16)31-13-29(15(2)25(26,27)28)24(34)22-23(33)18(32)10-11-30(22)31/h4-5,7,9-11,14-15,21,33H,3,6,8,12-13H2,1-2H3/t14?,15-,21+/m0/s1. The molecule has 1 N–H and O–H groups in total. The molecule has 0 saturated heterocycles. The van der Waals surface area contributed by atoms with Gasteiger partial charge in [-0.05, 0) is 48.8 Å². The fourth-order valence-corrected chi connectivity index (χ4v) is 6.49. The Hall–Kier alpha value is -2.88. The molecule has 0 saturated carbocycles. The third kappa shape index (κ3) is 3.91. The van der Waals surface area contributed by atoms with Crippen LogP contribution in [0.4, 0.5) is 13.2 Å². The number of pyridine rings is 1. The smallest absolute Gasteiger partial charge is 0.408 e. The molecule has 1 aromatic heterocycles. The van der Waals surface area contributed by atoms with Gasteiger partial charge in [0.25, 0.3) is 5.91 Å². The Morgan fingerprint density at radius 2 is 1.97 bits per heavy atom. The van der Waals surface area contributed by atoms with Crippen molar-refractivity contribution in [2.45, 2.75) is 51.4 Å². The second kappa shape index (κ2) is 8.65. The first-order chi connectivity index (χ1) is 16.6. The molecule has 1 unspecified atom stereocenters. The molecule has 6 nitrogen and oxygen atoms in total. The Balaban J connectivity index is 1.76. The highest BCUT2D eigenvalue weighted by atomic mass is 32.2. The van der Waals surface area contributed by atoms with Crippen LogP contribution in [0.15, 0.2) is 63.0 Å². The molecule has 186 valence electrons. The van der Waals surface area contributed by atoms with Crippen LogP contribution >= 0.6 is 11.8 Å². The number of allylic oxidation sites excluding steroid dienone is 4. The largest absolute Gasteiger partial charge is 0.502 e. The number of aromatic hydroxyl groups is 1. The molecule has 0 fully saturated rings. The maximum Gasteiger partial charge on any atom is 0.408 e. The molecule has 4 aliphatic rings. The van der Waals surface area contributed by atoms with Crippen LogP contribution in [0.3, 0.4) is 0 Å². The second-order valence-electron chi connectivity index (χ2n) is 9.34. The van der Waals surface area contributed by atoms with E-state index in [2.05, 4.69) is 31.2 Å². The van der Waals surface area contributed by atoms with Gasteiger partial charge in [0, 0.05) is 22.9 Å². The number of hydrogen-bond donors (Lipinski definition) is 1. The first-order valence-electron chi connectivity index (χ1n) is 11.6. The second-order valence-corrected chi connectivity index (χ2v) is 10.4. The van der Waals surface area contributed by atoms with E-state index in [1.165, 1.54) is 10.9 Å². The van der Waals surface area contributed by atoms with Crippen LogP contribution in [-0.2, 0) is 0 Å². The van der Waals surface area contributed by atoms with E-state index >= 15 is 0 Å². The molecule has 0 spiro atoms. The quantitative estimate of drug-likeness (QED) is 0.643. The van der Waals surface area contributed by atoms with Gasteiger partial charge >= 0.3 is 6.18 Å². The Kier molecular flexibility index (Phi) is 5.89. The normalized spacial score (nSPS) is 25.3. The lowest BCUT2D eigenvalue weighted by Gasteiger charge is -2.48. The van der Waals surface area contributed by atoms with Gasteiger partial charge in [-0.1, -0.05) is 31.2 Å². The van der Waals surface area contributed by atoms with Gasteiger partial charge in [-0.15, -0.1) is 11.8 Å². The molecule has 0 aromatic carbocycles. The Morgan fingerprint density at radius 1 is 1.20 bits per heavy atom. The van der Waals surface area contributed by atoms with Gasteiger partial charge in [0.1, 0.15) is 12.7 Å². The van der Waals surface area contributed by atoms with Crippen molar-refractivity contribution in [1.29, 1.82) is 0 Å². The fraction of sp³-hybridized carbons (Fsp3) is 0.440. The zero-order chi connectivity index (χ0) is 25.1. The predicted octanol–water partition coefficient (Wildman–Crippen LogP) is 4.47. The lowest BCUT2D eigenvalue weighted by molar-refractivity contribution is -0.173. The van der Waals surface area contributed by atoms with E-state index in [1.54, 1.807) is 16.8 Å². The zero-order valence-electron chi connectivity index (χ0n) is 19.4. The molecular formula is C25H26F3N3O3S. The SMILES string of the molecule is CC1CC=CC2=C1[C@H](N1CN([C@@H](C)C(F)(F)F)C(=O)c3c(O)c(=O)ccn31)C1=C(C=CCC1)SC2. The number of carbonyl (C=O) groups excluding carboxylic acids is 1. The van der Waals surface area contributed by atoms with E-state index in [9.17, 15) is 27.9 Å². The number of hydrogen-bond acceptors (Lipinski definition) is 5. The maximum absolute atomic E-state index is 13.8. The molecule has 1 aromatic rings. The number of nitrogens with zero attached hydrogens (tertiary/aromatic N) is 3. The third-order valence-electron chi connectivity index (χ3n) is 7.21. The topological polar surface area (TPSA) is 65.8 Å². The first-order valence-corrected chi connectivity index (χ1v) is 12.6. The molecule has 0 bridgehead atoms. The number of alkyl halides is 3. The Labute approximate surface area is 205 Å². The van der Waals surface area contributed by atoms with Crippen LogP contribution in [0.1, 0.15) is 43.6 Å². The minimum atomic E-state index is -4.67. The van der Waals surface area contributed by atoms with Crippen LogP contribution < -0.4 is 10.4 Å². The third-order valence-corrected chi connectivity index (χ3v) is 8.38. The number of amides is 1. The molecule has 2 aliphatic carbocycles. The van der Waals surface area contributed by atoms with Crippen LogP contribution in [0.25, 0.3) is 0 Å². The van der Waals surface area contributed by atoms with Crippen LogP contribution in [0.2, 0.25) is 0 Å². The first kappa shape index (κ1) is 23.8. The molecule has 3 heterocycles. The van der Waals surface area contributed by atoms with Crippen molar-refractivity contribution in [2.24, 2.45) is 5.92 Å². The van der Waals surface area contributed by atoms with Gasteiger partial charge < -0.3 is 10.0 Å². The van der Waals surface area contributed by atoms with Gasteiger partial charge in [-0.2, -0.15) is 13.2 Å². The molecule has 3 atom stereocenters. The van der Waals surface area contributed by atoms with Crippen molar-refractivity contribution in [3.8, 4) is 5.75 Å². The monoisotopic (exact) mass is 505 g/mol. The Bertz CT molecular complexity index is 1260. The molecule has 1 amide bonds. The summed E-state index contributed by atoms with van der Waals surface area (Å²) < 4.78 is 42.8. The summed E-state index contributed by atoms with van der Waals surface area (Å²) in [6, 6.07) is -1.38. The minimum Gasteiger partial charge on any atom is -0.502 e. The van der Waals surface area contributed by atoms with E-state index < -0.39 is 41.0 Å². The lowest BCUT2D eigenvalue weighted by atomic mass is 9.79.